The van der Waals surface area contributed by atoms with E-state index in [-0.39, 0.29) is 12.2 Å². The van der Waals surface area contributed by atoms with Crippen molar-refractivity contribution in [1.29, 1.82) is 0 Å². The van der Waals surface area contributed by atoms with Crippen LogP contribution in [-0.2, 0) is 11.0 Å². The zero-order chi connectivity index (χ0) is 16.5. The molecule has 1 aromatic carbocycles. The van der Waals surface area contributed by atoms with Gasteiger partial charge < -0.3 is 10.0 Å². The van der Waals surface area contributed by atoms with E-state index in [9.17, 15) is 33.2 Å². The molecule has 1 aliphatic heterocycles. The molecule has 0 amide bonds. The van der Waals surface area contributed by atoms with Gasteiger partial charge in [-0.2, -0.15) is 13.2 Å². The van der Waals surface area contributed by atoms with Crippen LogP contribution in [-0.4, -0.2) is 28.6 Å². The Balaban J connectivity index is 2.49. The number of anilines is 1. The molecule has 0 unspecified atom stereocenters. The zero-order valence-electron chi connectivity index (χ0n) is 11.3. The van der Waals surface area contributed by atoms with Crippen molar-refractivity contribution in [3.8, 4) is 0 Å². The monoisotopic (exact) mass is 318 g/mol. The molecule has 1 saturated heterocycles. The van der Waals surface area contributed by atoms with Crippen LogP contribution in [0.2, 0.25) is 0 Å². The fourth-order valence-corrected chi connectivity index (χ4v) is 2.57. The first-order valence-electron chi connectivity index (χ1n) is 6.57. The molecule has 2 rings (SSSR count). The summed E-state index contributed by atoms with van der Waals surface area (Å²) in [4.78, 5) is 22.7. The first-order chi connectivity index (χ1) is 10.2. The summed E-state index contributed by atoms with van der Waals surface area (Å²) in [6.07, 6.45) is -3.12. The van der Waals surface area contributed by atoms with E-state index in [0.29, 0.717) is 25.3 Å². The Morgan fingerprint density at radius 1 is 1.36 bits per heavy atom. The van der Waals surface area contributed by atoms with E-state index in [1.165, 1.54) is 4.90 Å². The average Bonchev–Trinajstić information content (AvgIpc) is 2.45. The number of nitro benzene ring substituents is 1. The lowest BCUT2D eigenvalue weighted by Crippen LogP contribution is -2.45. The molecule has 120 valence electrons. The third-order valence-corrected chi connectivity index (χ3v) is 3.60. The van der Waals surface area contributed by atoms with Crippen molar-refractivity contribution in [3.63, 3.8) is 0 Å². The third kappa shape index (κ3) is 3.12. The number of piperidine rings is 1. The lowest BCUT2D eigenvalue weighted by Gasteiger charge is -2.34. The Kier molecular flexibility index (Phi) is 4.25. The van der Waals surface area contributed by atoms with Crippen molar-refractivity contribution in [2.75, 3.05) is 11.4 Å². The number of rotatable bonds is 3. The van der Waals surface area contributed by atoms with E-state index in [1.54, 1.807) is 0 Å². The van der Waals surface area contributed by atoms with E-state index in [1.807, 2.05) is 0 Å². The van der Waals surface area contributed by atoms with Gasteiger partial charge in [0.1, 0.15) is 11.7 Å². The molecule has 1 fully saturated rings. The minimum Gasteiger partial charge on any atom is -0.480 e. The minimum absolute atomic E-state index is 0.0925. The number of aliphatic carboxylic acids is 1. The normalized spacial score (nSPS) is 19.0. The van der Waals surface area contributed by atoms with Crippen molar-refractivity contribution in [2.24, 2.45) is 0 Å². The van der Waals surface area contributed by atoms with Crippen molar-refractivity contribution in [3.05, 3.63) is 33.9 Å². The van der Waals surface area contributed by atoms with Gasteiger partial charge in [-0.3, -0.25) is 10.1 Å². The fourth-order valence-electron chi connectivity index (χ4n) is 2.57. The number of benzene rings is 1. The van der Waals surface area contributed by atoms with Crippen molar-refractivity contribution >= 4 is 17.3 Å². The SMILES string of the molecule is O=C(O)[C@H]1CCCCN1c1ccc(C(F)(F)F)cc1[N+](=O)[O-]. The summed E-state index contributed by atoms with van der Waals surface area (Å²) in [5, 5.41) is 20.3. The molecule has 9 heteroatoms. The summed E-state index contributed by atoms with van der Waals surface area (Å²) in [5.74, 6) is -1.14. The van der Waals surface area contributed by atoms with Crippen LogP contribution >= 0.6 is 0 Å². The van der Waals surface area contributed by atoms with Crippen LogP contribution in [0.3, 0.4) is 0 Å². The van der Waals surface area contributed by atoms with Crippen molar-refractivity contribution < 1.29 is 28.0 Å². The number of halogens is 3. The number of nitrogens with zero attached hydrogens (tertiary/aromatic N) is 2. The molecule has 1 aromatic rings. The molecule has 0 aliphatic carbocycles. The summed E-state index contributed by atoms with van der Waals surface area (Å²) >= 11 is 0. The number of hydrogen-bond donors (Lipinski definition) is 1. The molecule has 1 aliphatic rings. The number of hydrogen-bond acceptors (Lipinski definition) is 4. The fraction of sp³-hybridized carbons (Fsp3) is 0.462. The molecule has 0 saturated carbocycles. The molecule has 0 spiro atoms. The Morgan fingerprint density at radius 3 is 2.59 bits per heavy atom. The molecule has 0 radical (unpaired) electrons. The zero-order valence-corrected chi connectivity index (χ0v) is 11.3. The molecule has 0 aromatic heterocycles. The van der Waals surface area contributed by atoms with Crippen LogP contribution in [0.15, 0.2) is 18.2 Å². The highest BCUT2D eigenvalue weighted by Crippen LogP contribution is 2.38. The van der Waals surface area contributed by atoms with Crippen LogP contribution in [0.4, 0.5) is 24.5 Å². The van der Waals surface area contributed by atoms with Crippen molar-refractivity contribution in [2.45, 2.75) is 31.5 Å². The highest BCUT2D eigenvalue weighted by molar-refractivity contribution is 5.80. The van der Waals surface area contributed by atoms with E-state index < -0.39 is 34.4 Å². The quantitative estimate of drug-likeness (QED) is 0.684. The summed E-state index contributed by atoms with van der Waals surface area (Å²) in [6.45, 7) is 0.253. The summed E-state index contributed by atoms with van der Waals surface area (Å²) < 4.78 is 38.0. The molecule has 22 heavy (non-hydrogen) atoms. The topological polar surface area (TPSA) is 83.7 Å². The van der Waals surface area contributed by atoms with Gasteiger partial charge in [0.15, 0.2) is 0 Å². The lowest BCUT2D eigenvalue weighted by atomic mass is 10.0. The Morgan fingerprint density at radius 2 is 2.05 bits per heavy atom. The van der Waals surface area contributed by atoms with E-state index >= 15 is 0 Å². The highest BCUT2D eigenvalue weighted by Gasteiger charge is 2.36. The lowest BCUT2D eigenvalue weighted by molar-refractivity contribution is -0.384. The Bertz CT molecular complexity index is 603. The maximum Gasteiger partial charge on any atom is 0.416 e. The number of carboxylic acids is 1. The summed E-state index contributed by atoms with van der Waals surface area (Å²) in [6, 6.07) is 1.19. The first kappa shape index (κ1) is 16.1. The smallest absolute Gasteiger partial charge is 0.416 e. The first-order valence-corrected chi connectivity index (χ1v) is 6.57. The highest BCUT2D eigenvalue weighted by atomic mass is 19.4. The predicted octanol–water partition coefficient (Wildman–Crippen LogP) is 3.06. The average molecular weight is 318 g/mol. The Hall–Kier alpha value is -2.32. The second-order valence-electron chi connectivity index (χ2n) is 5.00. The van der Waals surface area contributed by atoms with Gasteiger partial charge in [-0.25, -0.2) is 4.79 Å². The van der Waals surface area contributed by atoms with Crippen LogP contribution in [0.25, 0.3) is 0 Å². The Labute approximate surface area is 123 Å². The van der Waals surface area contributed by atoms with E-state index in [4.69, 9.17) is 0 Å². The molecular weight excluding hydrogens is 305 g/mol. The van der Waals surface area contributed by atoms with E-state index in [2.05, 4.69) is 0 Å². The number of carbonyl (C=O) groups is 1. The number of nitro groups is 1. The largest absolute Gasteiger partial charge is 0.480 e. The summed E-state index contributed by atoms with van der Waals surface area (Å²) in [7, 11) is 0. The van der Waals surface area contributed by atoms with Gasteiger partial charge >= 0.3 is 12.1 Å². The van der Waals surface area contributed by atoms with Crippen LogP contribution < -0.4 is 4.90 Å². The van der Waals surface area contributed by atoms with Gasteiger partial charge in [0.05, 0.1) is 10.5 Å². The molecule has 1 atom stereocenters. The second-order valence-corrected chi connectivity index (χ2v) is 5.00. The maximum absolute atomic E-state index is 12.7. The second kappa shape index (κ2) is 5.82. The number of alkyl halides is 3. The van der Waals surface area contributed by atoms with Gasteiger partial charge in [0.2, 0.25) is 0 Å². The molecular formula is C13H13F3N2O4. The van der Waals surface area contributed by atoms with Crippen LogP contribution in [0.5, 0.6) is 0 Å². The minimum atomic E-state index is -4.70. The predicted molar refractivity (Wildman–Crippen MR) is 70.7 cm³/mol. The molecule has 1 N–H and O–H groups in total. The summed E-state index contributed by atoms with van der Waals surface area (Å²) in [5.41, 5.74) is -1.96. The standard InChI is InChI=1S/C13H13F3N2O4/c14-13(15,16)8-4-5-9(11(7-8)18(21)22)17-6-2-1-3-10(17)12(19)20/h4-5,7,10H,1-3,6H2,(H,19,20)/t10-/m1/s1. The molecule has 0 bridgehead atoms. The van der Waals surface area contributed by atoms with Gasteiger partial charge in [0.25, 0.3) is 5.69 Å². The van der Waals surface area contributed by atoms with Crippen molar-refractivity contribution in [1.82, 2.24) is 0 Å². The van der Waals surface area contributed by atoms with Crippen LogP contribution in [0, 0.1) is 10.1 Å². The van der Waals surface area contributed by atoms with Gasteiger partial charge in [-0.05, 0) is 31.4 Å². The molecule has 1 heterocycles. The third-order valence-electron chi connectivity index (χ3n) is 3.60. The number of carboxylic acid groups (broad SMARTS) is 1. The van der Waals surface area contributed by atoms with E-state index in [0.717, 1.165) is 12.1 Å². The van der Waals surface area contributed by atoms with Gasteiger partial charge in [-0.1, -0.05) is 0 Å². The molecule has 6 nitrogen and oxygen atoms in total. The van der Waals surface area contributed by atoms with Gasteiger partial charge in [0, 0.05) is 12.6 Å². The maximum atomic E-state index is 12.7. The van der Waals surface area contributed by atoms with Crippen LogP contribution in [0.1, 0.15) is 24.8 Å². The van der Waals surface area contributed by atoms with Gasteiger partial charge in [-0.15, -0.1) is 0 Å².